The summed E-state index contributed by atoms with van der Waals surface area (Å²) in [4.78, 5) is 23.5. The number of likely N-dealkylation sites (tertiary alicyclic amines) is 1. The number of amides is 1. The predicted octanol–water partition coefficient (Wildman–Crippen LogP) is -0.644. The highest BCUT2D eigenvalue weighted by atomic mass is 32.2. The highest BCUT2D eigenvalue weighted by Gasteiger charge is 2.46. The Balaban J connectivity index is 2.42. The van der Waals surface area contributed by atoms with Crippen molar-refractivity contribution in [1.29, 1.82) is 0 Å². The van der Waals surface area contributed by atoms with Crippen molar-refractivity contribution in [1.82, 2.24) is 9.62 Å². The molecule has 0 aromatic heterocycles. The number of nitrogens with one attached hydrogen (secondary N) is 1. The Hall–Kier alpha value is -1.26. The van der Waals surface area contributed by atoms with Crippen molar-refractivity contribution in [2.75, 3.05) is 32.0 Å². The number of hydrogen-bond donors (Lipinski definition) is 2. The summed E-state index contributed by atoms with van der Waals surface area (Å²) in [5.74, 6) is -2.57. The van der Waals surface area contributed by atoms with Gasteiger partial charge in [0, 0.05) is 13.0 Å². The molecule has 22 heavy (non-hydrogen) atoms. The molecular weight excluding hydrogens is 319 g/mol. The molecule has 1 amide bonds. The molecule has 10 heteroatoms. The number of carboxylic acids is 1. The van der Waals surface area contributed by atoms with Crippen molar-refractivity contribution < 1.29 is 32.2 Å². The van der Waals surface area contributed by atoms with E-state index in [9.17, 15) is 22.4 Å². The van der Waals surface area contributed by atoms with E-state index in [0.29, 0.717) is 0 Å². The smallest absolute Gasteiger partial charge is 0.343 e. The standard InChI is InChI=1S/C12H21FN2O6S/c1-9(2)21-5-6-22(19,20)14-7-10(16)15-4-3-12(13,8-15)11(17)18/h9,14H,3-8H2,1-2H3,(H,17,18). The molecule has 1 aliphatic heterocycles. The van der Waals surface area contributed by atoms with Gasteiger partial charge < -0.3 is 14.7 Å². The number of sulfonamides is 1. The molecule has 8 nitrogen and oxygen atoms in total. The van der Waals surface area contributed by atoms with Gasteiger partial charge in [-0.1, -0.05) is 0 Å². The molecule has 0 aromatic rings. The van der Waals surface area contributed by atoms with Gasteiger partial charge in [0.25, 0.3) is 0 Å². The molecular formula is C12H21FN2O6S. The number of nitrogens with zero attached hydrogens (tertiary/aromatic N) is 1. The normalized spacial score (nSPS) is 22.3. The molecule has 128 valence electrons. The van der Waals surface area contributed by atoms with Crippen LogP contribution in [0.2, 0.25) is 0 Å². The van der Waals surface area contributed by atoms with Crippen molar-refractivity contribution in [3.05, 3.63) is 0 Å². The molecule has 1 heterocycles. The number of hydrogen-bond acceptors (Lipinski definition) is 5. The molecule has 0 saturated carbocycles. The lowest BCUT2D eigenvalue weighted by molar-refractivity contribution is -0.150. The van der Waals surface area contributed by atoms with Gasteiger partial charge in [0.05, 0.1) is 31.6 Å². The van der Waals surface area contributed by atoms with Gasteiger partial charge in [0.2, 0.25) is 21.6 Å². The van der Waals surface area contributed by atoms with Crippen LogP contribution in [0.25, 0.3) is 0 Å². The zero-order valence-electron chi connectivity index (χ0n) is 12.5. The Morgan fingerprint density at radius 1 is 1.45 bits per heavy atom. The molecule has 1 rings (SSSR count). The number of rotatable bonds is 8. The van der Waals surface area contributed by atoms with E-state index >= 15 is 0 Å². The van der Waals surface area contributed by atoms with Crippen molar-refractivity contribution in [2.45, 2.75) is 32.0 Å². The Bertz CT molecular complexity index is 524. The number of carboxylic acid groups (broad SMARTS) is 1. The van der Waals surface area contributed by atoms with Gasteiger partial charge in [0.15, 0.2) is 0 Å². The minimum absolute atomic E-state index is 0.00247. The van der Waals surface area contributed by atoms with Gasteiger partial charge in [-0.2, -0.15) is 0 Å². The lowest BCUT2D eigenvalue weighted by Gasteiger charge is -2.18. The van der Waals surface area contributed by atoms with Crippen molar-refractivity contribution in [2.24, 2.45) is 0 Å². The first-order chi connectivity index (χ1) is 10.1. The van der Waals surface area contributed by atoms with E-state index in [0.717, 1.165) is 4.90 Å². The largest absolute Gasteiger partial charge is 0.479 e. The van der Waals surface area contributed by atoms with Gasteiger partial charge >= 0.3 is 5.97 Å². The zero-order chi connectivity index (χ0) is 17.0. The van der Waals surface area contributed by atoms with Crippen LogP contribution in [0, 0.1) is 0 Å². The van der Waals surface area contributed by atoms with E-state index in [1.807, 2.05) is 0 Å². The second-order valence-electron chi connectivity index (χ2n) is 5.40. The van der Waals surface area contributed by atoms with E-state index < -0.39 is 40.7 Å². The molecule has 1 fully saturated rings. The van der Waals surface area contributed by atoms with E-state index in [-0.39, 0.29) is 31.4 Å². The first-order valence-corrected chi connectivity index (χ1v) is 8.50. The fourth-order valence-electron chi connectivity index (χ4n) is 1.91. The van der Waals surface area contributed by atoms with Crippen LogP contribution in [0.15, 0.2) is 0 Å². The maximum Gasteiger partial charge on any atom is 0.343 e. The van der Waals surface area contributed by atoms with Crippen LogP contribution in [-0.4, -0.2) is 74.1 Å². The molecule has 0 aliphatic carbocycles. The SMILES string of the molecule is CC(C)OCCS(=O)(=O)NCC(=O)N1CCC(F)(C(=O)O)C1. The third kappa shape index (κ3) is 5.50. The number of halogens is 1. The summed E-state index contributed by atoms with van der Waals surface area (Å²) >= 11 is 0. The quantitative estimate of drug-likeness (QED) is 0.607. The molecule has 1 atom stereocenters. The van der Waals surface area contributed by atoms with Crippen LogP contribution < -0.4 is 4.72 Å². The molecule has 0 spiro atoms. The molecule has 0 radical (unpaired) electrons. The molecule has 0 bridgehead atoms. The van der Waals surface area contributed by atoms with Crippen LogP contribution in [0.5, 0.6) is 0 Å². The fraction of sp³-hybridized carbons (Fsp3) is 0.833. The lowest BCUT2D eigenvalue weighted by atomic mass is 10.1. The van der Waals surface area contributed by atoms with Crippen molar-refractivity contribution >= 4 is 21.9 Å². The third-order valence-corrected chi connectivity index (χ3v) is 4.49. The summed E-state index contributed by atoms with van der Waals surface area (Å²) in [7, 11) is -3.68. The Kier molecular flexibility index (Phi) is 6.27. The van der Waals surface area contributed by atoms with E-state index in [1.165, 1.54) is 0 Å². The van der Waals surface area contributed by atoms with Crippen molar-refractivity contribution in [3.63, 3.8) is 0 Å². The zero-order valence-corrected chi connectivity index (χ0v) is 13.4. The van der Waals surface area contributed by atoms with Crippen LogP contribution >= 0.6 is 0 Å². The van der Waals surface area contributed by atoms with Crippen LogP contribution in [0.1, 0.15) is 20.3 Å². The number of aliphatic carboxylic acids is 1. The van der Waals surface area contributed by atoms with E-state index in [1.54, 1.807) is 13.8 Å². The van der Waals surface area contributed by atoms with Gasteiger partial charge in [0.1, 0.15) is 0 Å². The van der Waals surface area contributed by atoms with Crippen LogP contribution in [0.3, 0.4) is 0 Å². The second kappa shape index (κ2) is 7.34. The summed E-state index contributed by atoms with van der Waals surface area (Å²) in [5, 5.41) is 8.73. The van der Waals surface area contributed by atoms with Crippen LogP contribution in [-0.2, 0) is 24.3 Å². The number of carbonyl (C=O) groups is 2. The van der Waals surface area contributed by atoms with E-state index in [2.05, 4.69) is 4.72 Å². The Morgan fingerprint density at radius 3 is 2.59 bits per heavy atom. The maximum absolute atomic E-state index is 13.8. The molecule has 2 N–H and O–H groups in total. The third-order valence-electron chi connectivity index (χ3n) is 3.20. The van der Waals surface area contributed by atoms with Crippen LogP contribution in [0.4, 0.5) is 4.39 Å². The molecule has 1 saturated heterocycles. The highest BCUT2D eigenvalue weighted by Crippen LogP contribution is 2.25. The maximum atomic E-state index is 13.8. The second-order valence-corrected chi connectivity index (χ2v) is 7.32. The number of alkyl halides is 1. The Labute approximate surface area is 128 Å². The van der Waals surface area contributed by atoms with Crippen molar-refractivity contribution in [3.8, 4) is 0 Å². The van der Waals surface area contributed by atoms with Gasteiger partial charge in [-0.3, -0.25) is 4.79 Å². The number of ether oxygens (including phenoxy) is 1. The average Bonchev–Trinajstić information content (AvgIpc) is 2.79. The first-order valence-electron chi connectivity index (χ1n) is 6.85. The summed E-state index contributed by atoms with van der Waals surface area (Å²) < 4.78 is 44.3. The predicted molar refractivity (Wildman–Crippen MR) is 75.5 cm³/mol. The topological polar surface area (TPSA) is 113 Å². The lowest BCUT2D eigenvalue weighted by Crippen LogP contribution is -2.43. The molecule has 0 aromatic carbocycles. The number of carbonyl (C=O) groups excluding carboxylic acids is 1. The minimum atomic E-state index is -3.68. The summed E-state index contributed by atoms with van der Waals surface area (Å²) in [6.07, 6.45) is -0.404. The molecule has 1 aliphatic rings. The first kappa shape index (κ1) is 18.8. The van der Waals surface area contributed by atoms with Gasteiger partial charge in [-0.25, -0.2) is 22.3 Å². The van der Waals surface area contributed by atoms with E-state index in [4.69, 9.17) is 9.84 Å². The summed E-state index contributed by atoms with van der Waals surface area (Å²) in [6.45, 7) is 2.38. The Morgan fingerprint density at radius 2 is 2.09 bits per heavy atom. The minimum Gasteiger partial charge on any atom is -0.479 e. The van der Waals surface area contributed by atoms with Gasteiger partial charge in [-0.15, -0.1) is 0 Å². The summed E-state index contributed by atoms with van der Waals surface area (Å²) in [5.41, 5.74) is -2.46. The monoisotopic (exact) mass is 340 g/mol. The highest BCUT2D eigenvalue weighted by molar-refractivity contribution is 7.89. The van der Waals surface area contributed by atoms with Gasteiger partial charge in [-0.05, 0) is 13.8 Å². The summed E-state index contributed by atoms with van der Waals surface area (Å²) in [6, 6.07) is 0. The average molecular weight is 340 g/mol. The molecule has 1 unspecified atom stereocenters. The fourth-order valence-corrected chi connectivity index (χ4v) is 2.71.